The lowest BCUT2D eigenvalue weighted by atomic mass is 9.77. The Morgan fingerprint density at radius 3 is 2.60 bits per heavy atom. The molecule has 2 amide bonds. The number of rotatable bonds is 5. The quantitative estimate of drug-likeness (QED) is 0.793. The van der Waals surface area contributed by atoms with Gasteiger partial charge in [-0.25, -0.2) is 9.59 Å². The number of hydrogen-bond acceptors (Lipinski definition) is 3. The minimum absolute atomic E-state index is 0.268. The van der Waals surface area contributed by atoms with Crippen molar-refractivity contribution in [2.24, 2.45) is 0 Å². The molecule has 0 aromatic carbocycles. The summed E-state index contributed by atoms with van der Waals surface area (Å²) in [6.45, 7) is 4.89. The van der Waals surface area contributed by atoms with E-state index in [0.29, 0.717) is 25.4 Å². The van der Waals surface area contributed by atoms with Crippen molar-refractivity contribution in [3.8, 4) is 0 Å². The molecule has 0 spiro atoms. The van der Waals surface area contributed by atoms with Crippen molar-refractivity contribution >= 4 is 12.0 Å². The molecule has 2 fully saturated rings. The Balaban J connectivity index is 1.87. The zero-order valence-electron chi connectivity index (χ0n) is 12.4. The average molecular weight is 283 g/mol. The summed E-state index contributed by atoms with van der Waals surface area (Å²) < 4.78 is 0. The fourth-order valence-electron chi connectivity index (χ4n) is 3.14. The van der Waals surface area contributed by atoms with E-state index in [1.54, 1.807) is 11.9 Å². The fourth-order valence-corrected chi connectivity index (χ4v) is 3.14. The second-order valence-corrected chi connectivity index (χ2v) is 5.98. The zero-order valence-corrected chi connectivity index (χ0v) is 12.4. The van der Waals surface area contributed by atoms with Gasteiger partial charge in [-0.15, -0.1) is 0 Å². The molecule has 0 bridgehead atoms. The maximum absolute atomic E-state index is 12.2. The minimum Gasteiger partial charge on any atom is -0.480 e. The highest BCUT2D eigenvalue weighted by atomic mass is 16.4. The number of aliphatic carboxylic acids is 1. The van der Waals surface area contributed by atoms with E-state index < -0.39 is 11.5 Å². The third kappa shape index (κ3) is 2.90. The van der Waals surface area contributed by atoms with Crippen molar-refractivity contribution in [2.45, 2.75) is 50.6 Å². The zero-order chi connectivity index (χ0) is 14.8. The largest absolute Gasteiger partial charge is 0.480 e. The highest BCUT2D eigenvalue weighted by Gasteiger charge is 2.46. The summed E-state index contributed by atoms with van der Waals surface area (Å²) in [6.07, 6.45) is 4.21. The summed E-state index contributed by atoms with van der Waals surface area (Å²) in [7, 11) is 1.75. The third-order valence-electron chi connectivity index (χ3n) is 4.70. The number of carbonyl (C=O) groups excluding carboxylic acids is 1. The van der Waals surface area contributed by atoms with Crippen LogP contribution in [0.5, 0.6) is 0 Å². The molecular weight excluding hydrogens is 258 g/mol. The van der Waals surface area contributed by atoms with Gasteiger partial charge in [-0.2, -0.15) is 0 Å². The van der Waals surface area contributed by atoms with Crippen molar-refractivity contribution in [1.29, 1.82) is 0 Å². The number of hydrogen-bond donors (Lipinski definition) is 2. The minimum atomic E-state index is -1.02. The van der Waals surface area contributed by atoms with Crippen LogP contribution in [-0.2, 0) is 4.79 Å². The van der Waals surface area contributed by atoms with Crippen molar-refractivity contribution in [3.63, 3.8) is 0 Å². The molecule has 20 heavy (non-hydrogen) atoms. The highest BCUT2D eigenvalue weighted by Crippen LogP contribution is 2.32. The van der Waals surface area contributed by atoms with E-state index in [2.05, 4.69) is 17.1 Å². The Kier molecular flexibility index (Phi) is 4.52. The van der Waals surface area contributed by atoms with Crippen molar-refractivity contribution in [2.75, 3.05) is 26.7 Å². The molecule has 1 atom stereocenters. The van der Waals surface area contributed by atoms with Gasteiger partial charge in [0.15, 0.2) is 0 Å². The van der Waals surface area contributed by atoms with Gasteiger partial charge in [0.1, 0.15) is 5.54 Å². The van der Waals surface area contributed by atoms with Crippen LogP contribution in [0.1, 0.15) is 39.0 Å². The van der Waals surface area contributed by atoms with E-state index >= 15 is 0 Å². The van der Waals surface area contributed by atoms with Gasteiger partial charge in [0, 0.05) is 19.6 Å². The first-order valence-electron chi connectivity index (χ1n) is 7.49. The van der Waals surface area contributed by atoms with Crippen LogP contribution in [0.3, 0.4) is 0 Å². The first-order valence-corrected chi connectivity index (χ1v) is 7.49. The monoisotopic (exact) mass is 283 g/mol. The summed E-state index contributed by atoms with van der Waals surface area (Å²) in [6, 6.07) is 0.132. The average Bonchev–Trinajstić information content (AvgIpc) is 2.80. The van der Waals surface area contributed by atoms with E-state index in [1.165, 1.54) is 6.42 Å². The summed E-state index contributed by atoms with van der Waals surface area (Å²) in [5.41, 5.74) is -1.02. The van der Waals surface area contributed by atoms with Gasteiger partial charge in [-0.05, 0) is 45.2 Å². The highest BCUT2D eigenvalue weighted by molar-refractivity contribution is 5.87. The lowest BCUT2D eigenvalue weighted by Gasteiger charge is -2.39. The van der Waals surface area contributed by atoms with E-state index in [9.17, 15) is 14.7 Å². The van der Waals surface area contributed by atoms with Gasteiger partial charge in [0.2, 0.25) is 0 Å². The number of urea groups is 1. The molecule has 0 aromatic rings. The molecule has 1 saturated carbocycles. The third-order valence-corrected chi connectivity index (χ3v) is 4.70. The molecule has 1 saturated heterocycles. The van der Waals surface area contributed by atoms with Gasteiger partial charge >= 0.3 is 12.0 Å². The molecule has 0 radical (unpaired) electrons. The van der Waals surface area contributed by atoms with Gasteiger partial charge in [0.25, 0.3) is 0 Å². The molecule has 6 nitrogen and oxygen atoms in total. The Bertz CT molecular complexity index is 382. The number of likely N-dealkylation sites (N-methyl/N-ethyl adjacent to an activating group) is 2. The van der Waals surface area contributed by atoms with E-state index in [1.807, 2.05) is 0 Å². The van der Waals surface area contributed by atoms with Gasteiger partial charge < -0.3 is 15.3 Å². The molecule has 1 aliphatic carbocycles. The summed E-state index contributed by atoms with van der Waals surface area (Å²) in [5.74, 6) is -0.915. The molecule has 1 unspecified atom stereocenters. The maximum Gasteiger partial charge on any atom is 0.329 e. The van der Waals surface area contributed by atoms with Crippen molar-refractivity contribution < 1.29 is 14.7 Å². The van der Waals surface area contributed by atoms with Crippen LogP contribution >= 0.6 is 0 Å². The molecule has 114 valence electrons. The molecular formula is C14H25N3O3. The second kappa shape index (κ2) is 5.99. The maximum atomic E-state index is 12.2. The van der Waals surface area contributed by atoms with Crippen LogP contribution in [0, 0.1) is 0 Å². The van der Waals surface area contributed by atoms with Gasteiger partial charge in [0.05, 0.1) is 0 Å². The first kappa shape index (κ1) is 15.1. The van der Waals surface area contributed by atoms with E-state index in [0.717, 1.165) is 25.9 Å². The Labute approximate surface area is 120 Å². The molecule has 2 aliphatic rings. The number of likely N-dealkylation sites (tertiary alicyclic amines) is 1. The lowest BCUT2D eigenvalue weighted by Crippen LogP contribution is -2.61. The van der Waals surface area contributed by atoms with Crippen LogP contribution in [0.15, 0.2) is 0 Å². The lowest BCUT2D eigenvalue weighted by molar-refractivity contribution is -0.148. The number of nitrogens with zero attached hydrogens (tertiary/aromatic N) is 2. The van der Waals surface area contributed by atoms with Crippen LogP contribution in [0.4, 0.5) is 4.79 Å². The SMILES string of the molecule is CCN1CCCC1CN(C)C(=O)NC1(C(=O)O)CCC1. The number of amides is 2. The number of carboxylic acid groups (broad SMARTS) is 1. The Hall–Kier alpha value is -1.30. The van der Waals surface area contributed by atoms with Crippen molar-refractivity contribution in [1.82, 2.24) is 15.1 Å². The predicted octanol–water partition coefficient (Wildman–Crippen LogP) is 1.12. The number of carboxylic acids is 1. The molecule has 1 heterocycles. The topological polar surface area (TPSA) is 72.9 Å². The van der Waals surface area contributed by atoms with Crippen LogP contribution < -0.4 is 5.32 Å². The van der Waals surface area contributed by atoms with Gasteiger partial charge in [-0.3, -0.25) is 4.90 Å². The second-order valence-electron chi connectivity index (χ2n) is 5.98. The van der Waals surface area contributed by atoms with E-state index in [4.69, 9.17) is 0 Å². The molecule has 1 aliphatic heterocycles. The molecule has 2 rings (SSSR count). The normalized spacial score (nSPS) is 25.0. The molecule has 2 N–H and O–H groups in total. The van der Waals surface area contributed by atoms with Crippen LogP contribution in [-0.4, -0.2) is 65.2 Å². The van der Waals surface area contributed by atoms with Crippen LogP contribution in [0.25, 0.3) is 0 Å². The standard InChI is InChI=1S/C14H25N3O3/c1-3-17-9-4-6-11(17)10-16(2)13(20)15-14(12(18)19)7-5-8-14/h11H,3-10H2,1-2H3,(H,15,20)(H,18,19). The predicted molar refractivity (Wildman–Crippen MR) is 75.6 cm³/mol. The van der Waals surface area contributed by atoms with Crippen LogP contribution in [0.2, 0.25) is 0 Å². The molecule has 6 heteroatoms. The summed E-state index contributed by atoms with van der Waals surface area (Å²) >= 11 is 0. The summed E-state index contributed by atoms with van der Waals surface area (Å²) in [5, 5.41) is 11.9. The Morgan fingerprint density at radius 1 is 1.40 bits per heavy atom. The smallest absolute Gasteiger partial charge is 0.329 e. The number of carbonyl (C=O) groups is 2. The number of nitrogens with one attached hydrogen (secondary N) is 1. The summed E-state index contributed by atoms with van der Waals surface area (Å²) in [4.78, 5) is 27.4. The van der Waals surface area contributed by atoms with Crippen molar-refractivity contribution in [3.05, 3.63) is 0 Å². The first-order chi connectivity index (χ1) is 9.48. The van der Waals surface area contributed by atoms with E-state index in [-0.39, 0.29) is 6.03 Å². The Morgan fingerprint density at radius 2 is 2.10 bits per heavy atom. The fraction of sp³-hybridized carbons (Fsp3) is 0.857. The molecule has 0 aromatic heterocycles. The van der Waals surface area contributed by atoms with Gasteiger partial charge in [-0.1, -0.05) is 6.92 Å².